The van der Waals surface area contributed by atoms with Crippen molar-refractivity contribution >= 4 is 8.80 Å². The van der Waals surface area contributed by atoms with E-state index in [4.69, 9.17) is 0 Å². The fraction of sp³-hybridized carbons (Fsp3) is 0.538. The first-order valence-electron chi connectivity index (χ1n) is 11.9. The van der Waals surface area contributed by atoms with Gasteiger partial charge in [0.25, 0.3) is 0 Å². The summed E-state index contributed by atoms with van der Waals surface area (Å²) in [5.41, 5.74) is 0.426. The summed E-state index contributed by atoms with van der Waals surface area (Å²) in [4.78, 5) is 0. The second kappa shape index (κ2) is 9.89. The number of benzene rings is 2. The molecule has 5 heteroatoms. The van der Waals surface area contributed by atoms with Gasteiger partial charge >= 0.3 is 0 Å². The Morgan fingerprint density at radius 1 is 0.742 bits per heavy atom. The Hall–Kier alpha value is -1.62. The largest absolute Gasteiger partial charge is 0.206 e. The van der Waals surface area contributed by atoms with Crippen LogP contribution in [0.4, 0.5) is 17.6 Å². The molecule has 168 valence electrons. The van der Waals surface area contributed by atoms with Gasteiger partial charge in [-0.05, 0) is 78.8 Å². The summed E-state index contributed by atoms with van der Waals surface area (Å²) < 4.78 is 56.3. The van der Waals surface area contributed by atoms with E-state index < -0.39 is 32.1 Å². The zero-order chi connectivity index (χ0) is 22.0. The summed E-state index contributed by atoms with van der Waals surface area (Å²) in [6.07, 6.45) is 8.37. The highest BCUT2D eigenvalue weighted by molar-refractivity contribution is 6.58. The van der Waals surface area contributed by atoms with Gasteiger partial charge in [0.15, 0.2) is 11.6 Å². The van der Waals surface area contributed by atoms with Crippen LogP contribution < -0.4 is 0 Å². The number of rotatable bonds is 5. The molecule has 0 bridgehead atoms. The lowest BCUT2D eigenvalue weighted by atomic mass is 9.72. The van der Waals surface area contributed by atoms with Gasteiger partial charge in [-0.2, -0.15) is 0 Å². The van der Waals surface area contributed by atoms with Crippen molar-refractivity contribution in [2.24, 2.45) is 11.8 Å². The van der Waals surface area contributed by atoms with Gasteiger partial charge in [0, 0.05) is 8.80 Å². The molecule has 0 nitrogen and oxygen atoms in total. The molecule has 1 aliphatic heterocycles. The van der Waals surface area contributed by atoms with E-state index in [1.54, 1.807) is 0 Å². The molecule has 0 radical (unpaired) electrons. The van der Waals surface area contributed by atoms with E-state index >= 15 is 0 Å². The fourth-order valence-electron chi connectivity index (χ4n) is 6.04. The third-order valence-electron chi connectivity index (χ3n) is 7.77. The Morgan fingerprint density at radius 3 is 1.94 bits per heavy atom. The maximum Gasteiger partial charge on any atom is 0.159 e. The minimum atomic E-state index is -1.11. The Bertz CT molecular complexity index is 873. The number of halogens is 4. The third kappa shape index (κ3) is 5.07. The van der Waals surface area contributed by atoms with E-state index in [0.29, 0.717) is 5.56 Å². The summed E-state index contributed by atoms with van der Waals surface area (Å²) in [7, 11) is -0.457. The SMILES string of the molecule is CCC[SiH]1CCC(C2CCC(c3cc(F)c(-c4ccc(F)c(F)c4)c(F)c3)CC2)CC1. The monoisotopic (exact) mass is 448 g/mol. The molecule has 1 aliphatic carbocycles. The smallest absolute Gasteiger partial charge is 0.159 e. The van der Waals surface area contributed by atoms with Crippen LogP contribution in [0.15, 0.2) is 30.3 Å². The zero-order valence-corrected chi connectivity index (χ0v) is 19.4. The Kier molecular flexibility index (Phi) is 7.20. The van der Waals surface area contributed by atoms with Crippen LogP contribution in [-0.2, 0) is 0 Å². The normalized spacial score (nSPS) is 26.7. The van der Waals surface area contributed by atoms with E-state index in [0.717, 1.165) is 49.7 Å². The predicted molar refractivity (Wildman–Crippen MR) is 121 cm³/mol. The second-order valence-corrected chi connectivity index (χ2v) is 13.1. The number of hydrogen-bond donors (Lipinski definition) is 0. The summed E-state index contributed by atoms with van der Waals surface area (Å²) in [5.74, 6) is -1.76. The molecule has 0 spiro atoms. The second-order valence-electron chi connectivity index (χ2n) is 9.67. The maximum atomic E-state index is 14.8. The molecule has 0 N–H and O–H groups in total. The van der Waals surface area contributed by atoms with E-state index in [-0.39, 0.29) is 17.0 Å². The van der Waals surface area contributed by atoms with Crippen molar-refractivity contribution < 1.29 is 17.6 Å². The van der Waals surface area contributed by atoms with Gasteiger partial charge < -0.3 is 0 Å². The molecule has 2 fully saturated rings. The molecule has 0 atom stereocenters. The molecule has 2 aromatic carbocycles. The zero-order valence-electron chi connectivity index (χ0n) is 18.3. The molecule has 0 unspecified atom stereocenters. The molecule has 31 heavy (non-hydrogen) atoms. The van der Waals surface area contributed by atoms with Crippen LogP contribution in [0.2, 0.25) is 18.1 Å². The number of hydrogen-bond acceptors (Lipinski definition) is 0. The van der Waals surface area contributed by atoms with Crippen molar-refractivity contribution in [3.63, 3.8) is 0 Å². The first kappa shape index (κ1) is 22.6. The van der Waals surface area contributed by atoms with Crippen LogP contribution in [0.1, 0.15) is 63.4 Å². The van der Waals surface area contributed by atoms with Crippen molar-refractivity contribution in [3.8, 4) is 11.1 Å². The molecule has 1 saturated carbocycles. The van der Waals surface area contributed by atoms with E-state index in [2.05, 4.69) is 6.92 Å². The van der Waals surface area contributed by atoms with Crippen LogP contribution in [0.25, 0.3) is 11.1 Å². The lowest BCUT2D eigenvalue weighted by molar-refractivity contribution is 0.216. The molecule has 4 rings (SSSR count). The van der Waals surface area contributed by atoms with Gasteiger partial charge in [0.05, 0.1) is 5.56 Å². The van der Waals surface area contributed by atoms with E-state index in [1.165, 1.54) is 55.6 Å². The van der Waals surface area contributed by atoms with Crippen molar-refractivity contribution in [3.05, 3.63) is 59.2 Å². The average Bonchev–Trinajstić information content (AvgIpc) is 2.76. The molecule has 2 aliphatic rings. The first-order valence-corrected chi connectivity index (χ1v) is 14.4. The highest BCUT2D eigenvalue weighted by Gasteiger charge is 2.32. The highest BCUT2D eigenvalue weighted by atomic mass is 28.3. The standard InChI is InChI=1S/C26H32F4Si/c1-2-11-31-12-9-19(10-13-31)17-3-5-18(6-4-17)21-15-24(29)26(25(30)16-21)20-7-8-22(27)23(28)14-20/h7-8,14-19,31H,2-6,9-13H2,1H3. The molecule has 2 aromatic rings. The van der Waals surface area contributed by atoms with Gasteiger partial charge in [-0.15, -0.1) is 0 Å². The summed E-state index contributed by atoms with van der Waals surface area (Å²) in [6.45, 7) is 2.30. The molecule has 0 amide bonds. The third-order valence-corrected chi connectivity index (χ3v) is 11.5. The van der Waals surface area contributed by atoms with Gasteiger partial charge in [-0.1, -0.05) is 50.4 Å². The topological polar surface area (TPSA) is 0 Å². The van der Waals surface area contributed by atoms with Gasteiger partial charge in [0.2, 0.25) is 0 Å². The molecular weight excluding hydrogens is 416 g/mol. The highest BCUT2D eigenvalue weighted by Crippen LogP contribution is 2.44. The summed E-state index contributed by atoms with van der Waals surface area (Å²) in [5, 5.41) is 0. The molecule has 1 saturated heterocycles. The maximum absolute atomic E-state index is 14.8. The molecular formula is C26H32F4Si. The fourth-order valence-corrected chi connectivity index (χ4v) is 9.52. The molecule has 0 aromatic heterocycles. The Balaban J connectivity index is 1.40. The summed E-state index contributed by atoms with van der Waals surface area (Å²) in [6, 6.07) is 10.2. The average molecular weight is 449 g/mol. The molecule has 1 heterocycles. The van der Waals surface area contributed by atoms with Crippen LogP contribution in [0, 0.1) is 35.1 Å². The minimum absolute atomic E-state index is 0.0198. The van der Waals surface area contributed by atoms with Crippen molar-refractivity contribution in [2.45, 2.75) is 75.9 Å². The predicted octanol–water partition coefficient (Wildman–Crippen LogP) is 8.23. The van der Waals surface area contributed by atoms with Crippen LogP contribution in [0.5, 0.6) is 0 Å². The quantitative estimate of drug-likeness (QED) is 0.319. The summed E-state index contributed by atoms with van der Waals surface area (Å²) >= 11 is 0. The Labute approximate surface area is 184 Å². The van der Waals surface area contributed by atoms with E-state index in [1.807, 2.05) is 0 Å². The van der Waals surface area contributed by atoms with Gasteiger partial charge in [0.1, 0.15) is 11.6 Å². The van der Waals surface area contributed by atoms with E-state index in [9.17, 15) is 17.6 Å². The van der Waals surface area contributed by atoms with Crippen LogP contribution >= 0.6 is 0 Å². The first-order chi connectivity index (χ1) is 15.0. The Morgan fingerprint density at radius 2 is 1.35 bits per heavy atom. The lowest BCUT2D eigenvalue weighted by Crippen LogP contribution is -2.28. The van der Waals surface area contributed by atoms with Crippen LogP contribution in [-0.4, -0.2) is 8.80 Å². The van der Waals surface area contributed by atoms with Crippen molar-refractivity contribution in [1.82, 2.24) is 0 Å². The van der Waals surface area contributed by atoms with Gasteiger partial charge in [-0.3, -0.25) is 0 Å². The van der Waals surface area contributed by atoms with Crippen molar-refractivity contribution in [1.29, 1.82) is 0 Å². The minimum Gasteiger partial charge on any atom is -0.206 e. The van der Waals surface area contributed by atoms with Gasteiger partial charge in [-0.25, -0.2) is 17.6 Å². The van der Waals surface area contributed by atoms with Crippen LogP contribution in [0.3, 0.4) is 0 Å². The lowest BCUT2D eigenvalue weighted by Gasteiger charge is -2.37. The van der Waals surface area contributed by atoms with Crippen molar-refractivity contribution in [2.75, 3.05) is 0 Å².